The van der Waals surface area contributed by atoms with Crippen LogP contribution in [0.25, 0.3) is 0 Å². The molecule has 20 heavy (non-hydrogen) atoms. The van der Waals surface area contributed by atoms with Crippen molar-refractivity contribution in [3.05, 3.63) is 52.5 Å². The van der Waals surface area contributed by atoms with Crippen molar-refractivity contribution in [1.82, 2.24) is 0 Å². The molecule has 0 spiro atoms. The van der Waals surface area contributed by atoms with E-state index >= 15 is 0 Å². The van der Waals surface area contributed by atoms with E-state index in [1.54, 1.807) is 24.3 Å². The van der Waals surface area contributed by atoms with Crippen LogP contribution < -0.4 is 14.8 Å². The third-order valence-electron chi connectivity index (χ3n) is 2.92. The van der Waals surface area contributed by atoms with Gasteiger partial charge in [0, 0.05) is 22.2 Å². The SMILES string of the molecule is O=C(Nc1cc2c(cc1Br)OCCO2)c1ccccc1. The second-order valence-electron chi connectivity index (χ2n) is 4.30. The van der Waals surface area contributed by atoms with E-state index in [9.17, 15) is 4.79 Å². The number of nitrogens with one attached hydrogen (secondary N) is 1. The first kappa shape index (κ1) is 13.0. The highest BCUT2D eigenvalue weighted by molar-refractivity contribution is 9.10. The van der Waals surface area contributed by atoms with E-state index in [-0.39, 0.29) is 5.91 Å². The van der Waals surface area contributed by atoms with E-state index in [0.717, 1.165) is 4.47 Å². The number of halogens is 1. The van der Waals surface area contributed by atoms with E-state index in [0.29, 0.717) is 36.0 Å². The van der Waals surface area contributed by atoms with Gasteiger partial charge in [-0.25, -0.2) is 0 Å². The molecule has 0 saturated carbocycles. The molecule has 0 fully saturated rings. The van der Waals surface area contributed by atoms with Crippen molar-refractivity contribution in [2.45, 2.75) is 0 Å². The summed E-state index contributed by atoms with van der Waals surface area (Å²) in [4.78, 5) is 12.1. The minimum atomic E-state index is -0.164. The molecule has 0 saturated heterocycles. The van der Waals surface area contributed by atoms with E-state index in [4.69, 9.17) is 9.47 Å². The number of carbonyl (C=O) groups is 1. The van der Waals surface area contributed by atoms with Gasteiger partial charge in [0.1, 0.15) is 13.2 Å². The molecule has 5 heteroatoms. The van der Waals surface area contributed by atoms with Gasteiger partial charge in [0.05, 0.1) is 5.69 Å². The van der Waals surface area contributed by atoms with Crippen molar-refractivity contribution in [1.29, 1.82) is 0 Å². The van der Waals surface area contributed by atoms with Crippen molar-refractivity contribution in [2.24, 2.45) is 0 Å². The number of rotatable bonds is 2. The lowest BCUT2D eigenvalue weighted by molar-refractivity contribution is 0.102. The topological polar surface area (TPSA) is 47.6 Å². The highest BCUT2D eigenvalue weighted by atomic mass is 79.9. The van der Waals surface area contributed by atoms with E-state index in [1.165, 1.54) is 0 Å². The molecule has 4 nitrogen and oxygen atoms in total. The van der Waals surface area contributed by atoms with Crippen molar-refractivity contribution in [2.75, 3.05) is 18.5 Å². The molecule has 2 aromatic rings. The molecule has 1 aliphatic rings. The second-order valence-corrected chi connectivity index (χ2v) is 5.15. The molecule has 0 aromatic heterocycles. The number of hydrogen-bond donors (Lipinski definition) is 1. The van der Waals surface area contributed by atoms with Gasteiger partial charge in [-0.3, -0.25) is 4.79 Å². The summed E-state index contributed by atoms with van der Waals surface area (Å²) in [7, 11) is 0. The van der Waals surface area contributed by atoms with Gasteiger partial charge in [-0.15, -0.1) is 0 Å². The number of hydrogen-bond acceptors (Lipinski definition) is 3. The standard InChI is InChI=1S/C15H12BrNO3/c16-11-8-13-14(20-7-6-19-13)9-12(11)17-15(18)10-4-2-1-3-5-10/h1-5,8-9H,6-7H2,(H,17,18). The Bertz CT molecular complexity index is 643. The van der Waals surface area contributed by atoms with Crippen molar-refractivity contribution in [3.8, 4) is 11.5 Å². The van der Waals surface area contributed by atoms with E-state index < -0.39 is 0 Å². The normalized spacial score (nSPS) is 12.8. The first-order valence-corrected chi connectivity index (χ1v) is 6.99. The molecule has 1 N–H and O–H groups in total. The second kappa shape index (κ2) is 5.54. The van der Waals surface area contributed by atoms with Gasteiger partial charge in [0.25, 0.3) is 5.91 Å². The highest BCUT2D eigenvalue weighted by Gasteiger charge is 2.16. The minimum absolute atomic E-state index is 0.164. The number of carbonyl (C=O) groups excluding carboxylic acids is 1. The molecule has 0 aliphatic carbocycles. The number of amides is 1. The third kappa shape index (κ3) is 2.63. The number of anilines is 1. The fourth-order valence-corrected chi connectivity index (χ4v) is 2.37. The lowest BCUT2D eigenvalue weighted by atomic mass is 10.2. The van der Waals surface area contributed by atoms with Gasteiger partial charge in [-0.2, -0.15) is 0 Å². The minimum Gasteiger partial charge on any atom is -0.486 e. The van der Waals surface area contributed by atoms with Crippen LogP contribution in [0.1, 0.15) is 10.4 Å². The molecule has 1 amide bonds. The molecule has 0 radical (unpaired) electrons. The summed E-state index contributed by atoms with van der Waals surface area (Å²) in [6.45, 7) is 1.05. The molecule has 2 aromatic carbocycles. The molecular weight excluding hydrogens is 322 g/mol. The lowest BCUT2D eigenvalue weighted by Gasteiger charge is -2.20. The fourth-order valence-electron chi connectivity index (χ4n) is 1.94. The highest BCUT2D eigenvalue weighted by Crippen LogP contribution is 2.38. The van der Waals surface area contributed by atoms with Crippen LogP contribution in [0.5, 0.6) is 11.5 Å². The van der Waals surface area contributed by atoms with Crippen LogP contribution in [0.15, 0.2) is 46.9 Å². The first-order valence-electron chi connectivity index (χ1n) is 6.19. The molecule has 1 aliphatic heterocycles. The average Bonchev–Trinajstić information content (AvgIpc) is 2.49. The fraction of sp³-hybridized carbons (Fsp3) is 0.133. The van der Waals surface area contributed by atoms with Crippen LogP contribution in [0.4, 0.5) is 5.69 Å². The summed E-state index contributed by atoms with van der Waals surface area (Å²) in [6, 6.07) is 12.6. The van der Waals surface area contributed by atoms with Crippen LogP contribution in [-0.2, 0) is 0 Å². The van der Waals surface area contributed by atoms with Crippen LogP contribution in [0, 0.1) is 0 Å². The first-order chi connectivity index (χ1) is 9.74. The third-order valence-corrected chi connectivity index (χ3v) is 3.57. The van der Waals surface area contributed by atoms with Crippen LogP contribution in [0.2, 0.25) is 0 Å². The molecule has 0 bridgehead atoms. The number of fused-ring (bicyclic) bond motifs is 1. The Balaban J connectivity index is 1.86. The monoisotopic (exact) mass is 333 g/mol. The molecular formula is C15H12BrNO3. The molecule has 0 unspecified atom stereocenters. The maximum Gasteiger partial charge on any atom is 0.255 e. The quantitative estimate of drug-likeness (QED) is 0.915. The Morgan fingerprint density at radius 1 is 1.05 bits per heavy atom. The Morgan fingerprint density at radius 2 is 1.70 bits per heavy atom. The summed E-state index contributed by atoms with van der Waals surface area (Å²) >= 11 is 3.43. The predicted molar refractivity (Wildman–Crippen MR) is 79.5 cm³/mol. The molecule has 1 heterocycles. The maximum absolute atomic E-state index is 12.1. The largest absolute Gasteiger partial charge is 0.486 e. The zero-order chi connectivity index (χ0) is 13.9. The summed E-state index contributed by atoms with van der Waals surface area (Å²) < 4.78 is 11.7. The summed E-state index contributed by atoms with van der Waals surface area (Å²) in [5, 5.41) is 2.86. The predicted octanol–water partition coefficient (Wildman–Crippen LogP) is 3.47. The zero-order valence-electron chi connectivity index (χ0n) is 10.6. The Morgan fingerprint density at radius 3 is 2.40 bits per heavy atom. The average molecular weight is 334 g/mol. The van der Waals surface area contributed by atoms with Gasteiger partial charge in [-0.05, 0) is 28.1 Å². The van der Waals surface area contributed by atoms with Gasteiger partial charge in [-0.1, -0.05) is 18.2 Å². The van der Waals surface area contributed by atoms with Crippen molar-refractivity contribution < 1.29 is 14.3 Å². The summed E-state index contributed by atoms with van der Waals surface area (Å²) in [5.41, 5.74) is 1.26. The van der Waals surface area contributed by atoms with Crippen LogP contribution in [-0.4, -0.2) is 19.1 Å². The molecule has 0 atom stereocenters. The van der Waals surface area contributed by atoms with Gasteiger partial charge in [0.2, 0.25) is 0 Å². The Kier molecular flexibility index (Phi) is 3.60. The summed E-state index contributed by atoms with van der Waals surface area (Å²) in [6.07, 6.45) is 0. The lowest BCUT2D eigenvalue weighted by Crippen LogP contribution is -2.17. The van der Waals surface area contributed by atoms with Crippen LogP contribution in [0.3, 0.4) is 0 Å². The van der Waals surface area contributed by atoms with Gasteiger partial charge < -0.3 is 14.8 Å². The Labute approximate surface area is 124 Å². The van der Waals surface area contributed by atoms with Crippen molar-refractivity contribution >= 4 is 27.5 Å². The van der Waals surface area contributed by atoms with Crippen LogP contribution >= 0.6 is 15.9 Å². The molecule has 102 valence electrons. The number of ether oxygens (including phenoxy) is 2. The van der Waals surface area contributed by atoms with Gasteiger partial charge in [0.15, 0.2) is 11.5 Å². The van der Waals surface area contributed by atoms with Crippen molar-refractivity contribution in [3.63, 3.8) is 0 Å². The smallest absolute Gasteiger partial charge is 0.255 e. The molecule has 3 rings (SSSR count). The van der Waals surface area contributed by atoms with Gasteiger partial charge >= 0.3 is 0 Å². The zero-order valence-corrected chi connectivity index (χ0v) is 12.1. The summed E-state index contributed by atoms with van der Waals surface area (Å²) in [5.74, 6) is 1.16. The maximum atomic E-state index is 12.1. The number of benzene rings is 2. The Hall–Kier alpha value is -2.01. The van der Waals surface area contributed by atoms with E-state index in [2.05, 4.69) is 21.2 Å². The van der Waals surface area contributed by atoms with E-state index in [1.807, 2.05) is 18.2 Å².